The van der Waals surface area contributed by atoms with Crippen LogP contribution in [0.25, 0.3) is 0 Å². The van der Waals surface area contributed by atoms with Gasteiger partial charge in [0.1, 0.15) is 0 Å². The summed E-state index contributed by atoms with van der Waals surface area (Å²) in [5.74, 6) is 1.94. The van der Waals surface area contributed by atoms with Crippen LogP contribution >= 0.6 is 0 Å². The molecule has 1 aliphatic carbocycles. The van der Waals surface area contributed by atoms with Crippen LogP contribution in [0, 0.1) is 11.8 Å². The second-order valence-electron chi connectivity index (χ2n) is 5.36. The van der Waals surface area contributed by atoms with Gasteiger partial charge in [0, 0.05) is 0 Å². The van der Waals surface area contributed by atoms with E-state index in [4.69, 9.17) is 5.73 Å². The second-order valence-corrected chi connectivity index (χ2v) is 5.36. The zero-order chi connectivity index (χ0) is 11.6. The number of hydrogen-bond acceptors (Lipinski definition) is 2. The molecular weight excluding hydrogens is 196 g/mol. The van der Waals surface area contributed by atoms with Gasteiger partial charge in [0.25, 0.3) is 0 Å². The Kier molecular flexibility index (Phi) is 7.87. The maximum absolute atomic E-state index is 5.64. The number of hydrogen-bond donors (Lipinski definition) is 2. The van der Waals surface area contributed by atoms with Gasteiger partial charge in [-0.2, -0.15) is 0 Å². The molecule has 0 aromatic rings. The molecule has 0 aromatic carbocycles. The van der Waals surface area contributed by atoms with E-state index in [2.05, 4.69) is 12.2 Å². The number of rotatable bonds is 11. The fourth-order valence-corrected chi connectivity index (χ4v) is 2.43. The molecule has 1 rings (SSSR count). The lowest BCUT2D eigenvalue weighted by molar-refractivity contribution is 0.403. The molecule has 1 atom stereocenters. The van der Waals surface area contributed by atoms with Crippen LogP contribution < -0.4 is 11.1 Å². The van der Waals surface area contributed by atoms with E-state index in [0.29, 0.717) is 0 Å². The normalized spacial score (nSPS) is 17.6. The van der Waals surface area contributed by atoms with E-state index < -0.39 is 0 Å². The molecule has 3 N–H and O–H groups in total. The van der Waals surface area contributed by atoms with Crippen LogP contribution in [0.15, 0.2) is 0 Å². The van der Waals surface area contributed by atoms with Gasteiger partial charge in [-0.25, -0.2) is 0 Å². The van der Waals surface area contributed by atoms with Crippen molar-refractivity contribution in [3.63, 3.8) is 0 Å². The van der Waals surface area contributed by atoms with Crippen molar-refractivity contribution in [2.24, 2.45) is 17.6 Å². The smallest absolute Gasteiger partial charge is 0.00463 e. The van der Waals surface area contributed by atoms with Gasteiger partial charge >= 0.3 is 0 Å². The molecule has 1 saturated carbocycles. The molecular formula is C14H30N2. The lowest BCUT2D eigenvalue weighted by Gasteiger charge is -2.14. The van der Waals surface area contributed by atoms with Crippen LogP contribution in [-0.2, 0) is 0 Å². The molecule has 0 aliphatic heterocycles. The predicted molar refractivity (Wildman–Crippen MR) is 71.5 cm³/mol. The molecule has 0 radical (unpaired) electrons. The van der Waals surface area contributed by atoms with Gasteiger partial charge in [0.15, 0.2) is 0 Å². The first-order valence-electron chi connectivity index (χ1n) is 7.27. The summed E-state index contributed by atoms with van der Waals surface area (Å²) in [5.41, 5.74) is 5.64. The third kappa shape index (κ3) is 7.24. The highest BCUT2D eigenvalue weighted by Gasteiger charge is 2.19. The molecule has 0 bridgehead atoms. The first-order valence-corrected chi connectivity index (χ1v) is 7.27. The molecule has 2 heteroatoms. The van der Waals surface area contributed by atoms with Crippen molar-refractivity contribution < 1.29 is 0 Å². The summed E-state index contributed by atoms with van der Waals surface area (Å²) in [6.45, 7) is 5.58. The van der Waals surface area contributed by atoms with Gasteiger partial charge in [-0.3, -0.25) is 0 Å². The van der Waals surface area contributed by atoms with Crippen LogP contribution in [0.5, 0.6) is 0 Å². The van der Waals surface area contributed by atoms with Gasteiger partial charge in [-0.1, -0.05) is 32.6 Å². The monoisotopic (exact) mass is 226 g/mol. The average Bonchev–Trinajstić information content (AvgIpc) is 3.07. The van der Waals surface area contributed by atoms with E-state index in [1.165, 1.54) is 64.5 Å². The van der Waals surface area contributed by atoms with Crippen LogP contribution in [0.1, 0.15) is 58.3 Å². The molecule has 2 nitrogen and oxygen atoms in total. The van der Waals surface area contributed by atoms with Gasteiger partial charge in [0.05, 0.1) is 0 Å². The minimum atomic E-state index is 0.861. The summed E-state index contributed by atoms with van der Waals surface area (Å²) in [7, 11) is 0. The molecule has 1 aliphatic rings. The van der Waals surface area contributed by atoms with Crippen LogP contribution in [0.3, 0.4) is 0 Å². The van der Waals surface area contributed by atoms with Gasteiger partial charge in [0.2, 0.25) is 0 Å². The first-order chi connectivity index (χ1) is 7.86. The molecule has 1 unspecified atom stereocenters. The predicted octanol–water partition coefficient (Wildman–Crippen LogP) is 2.92. The molecule has 96 valence electrons. The van der Waals surface area contributed by atoms with E-state index >= 15 is 0 Å². The minimum Gasteiger partial charge on any atom is -0.330 e. The Balaban J connectivity index is 1.85. The molecule has 0 heterocycles. The molecule has 16 heavy (non-hydrogen) atoms. The van der Waals surface area contributed by atoms with Gasteiger partial charge in [-0.15, -0.1) is 0 Å². The van der Waals surface area contributed by atoms with Crippen molar-refractivity contribution in [2.45, 2.75) is 58.3 Å². The minimum absolute atomic E-state index is 0.861. The maximum atomic E-state index is 5.64. The Morgan fingerprint density at radius 2 is 2.00 bits per heavy atom. The molecule has 0 saturated heterocycles. The highest BCUT2D eigenvalue weighted by molar-refractivity contribution is 4.73. The van der Waals surface area contributed by atoms with E-state index in [0.717, 1.165) is 18.4 Å². The second kappa shape index (κ2) is 9.00. The Hall–Kier alpha value is -0.0800. The third-order valence-electron chi connectivity index (χ3n) is 3.66. The summed E-state index contributed by atoms with van der Waals surface area (Å²) in [6.07, 6.45) is 10.9. The fraction of sp³-hybridized carbons (Fsp3) is 1.00. The standard InChI is InChI=1S/C14H30N2/c1-2-4-13(8-10-15)5-3-11-16-12-9-14-6-7-14/h13-14,16H,2-12,15H2,1H3. The summed E-state index contributed by atoms with van der Waals surface area (Å²) < 4.78 is 0. The van der Waals surface area contributed by atoms with Crippen molar-refractivity contribution in [2.75, 3.05) is 19.6 Å². The highest BCUT2D eigenvalue weighted by atomic mass is 14.8. The molecule has 0 amide bonds. The zero-order valence-corrected chi connectivity index (χ0v) is 11.0. The maximum Gasteiger partial charge on any atom is -0.00463 e. The Morgan fingerprint density at radius 3 is 2.62 bits per heavy atom. The van der Waals surface area contributed by atoms with Gasteiger partial charge in [-0.05, 0) is 57.2 Å². The quantitative estimate of drug-likeness (QED) is 0.532. The van der Waals surface area contributed by atoms with Crippen LogP contribution in [0.2, 0.25) is 0 Å². The Labute approximate surface area is 101 Å². The number of nitrogens with two attached hydrogens (primary N) is 1. The average molecular weight is 226 g/mol. The third-order valence-corrected chi connectivity index (χ3v) is 3.66. The van der Waals surface area contributed by atoms with Crippen molar-refractivity contribution in [1.29, 1.82) is 0 Å². The SMILES string of the molecule is CCCC(CCN)CCCNCCC1CC1. The van der Waals surface area contributed by atoms with Gasteiger partial charge < -0.3 is 11.1 Å². The summed E-state index contributed by atoms with van der Waals surface area (Å²) >= 11 is 0. The van der Waals surface area contributed by atoms with Crippen molar-refractivity contribution in [3.05, 3.63) is 0 Å². The largest absolute Gasteiger partial charge is 0.330 e. The lowest BCUT2D eigenvalue weighted by Crippen LogP contribution is -2.18. The highest BCUT2D eigenvalue weighted by Crippen LogP contribution is 2.31. The summed E-state index contributed by atoms with van der Waals surface area (Å²) in [4.78, 5) is 0. The van der Waals surface area contributed by atoms with Crippen molar-refractivity contribution >= 4 is 0 Å². The van der Waals surface area contributed by atoms with Crippen LogP contribution in [0.4, 0.5) is 0 Å². The van der Waals surface area contributed by atoms with Crippen molar-refractivity contribution in [3.8, 4) is 0 Å². The molecule has 0 aromatic heterocycles. The van der Waals surface area contributed by atoms with Crippen LogP contribution in [-0.4, -0.2) is 19.6 Å². The number of nitrogens with one attached hydrogen (secondary N) is 1. The zero-order valence-electron chi connectivity index (χ0n) is 11.0. The van der Waals surface area contributed by atoms with E-state index in [-0.39, 0.29) is 0 Å². The Bertz CT molecular complexity index is 149. The van der Waals surface area contributed by atoms with E-state index in [9.17, 15) is 0 Å². The Morgan fingerprint density at radius 1 is 1.19 bits per heavy atom. The summed E-state index contributed by atoms with van der Waals surface area (Å²) in [5, 5.41) is 3.57. The van der Waals surface area contributed by atoms with E-state index in [1.807, 2.05) is 0 Å². The fourth-order valence-electron chi connectivity index (χ4n) is 2.43. The van der Waals surface area contributed by atoms with E-state index in [1.54, 1.807) is 0 Å². The first kappa shape index (κ1) is 14.0. The summed E-state index contributed by atoms with van der Waals surface area (Å²) in [6, 6.07) is 0. The molecule has 0 spiro atoms. The topological polar surface area (TPSA) is 38.0 Å². The van der Waals surface area contributed by atoms with Crippen molar-refractivity contribution in [1.82, 2.24) is 5.32 Å². The lowest BCUT2D eigenvalue weighted by atomic mass is 9.94. The molecule has 1 fully saturated rings.